The van der Waals surface area contributed by atoms with Crippen LogP contribution >= 0.6 is 12.2 Å². The molecule has 0 radical (unpaired) electrons. The highest BCUT2D eigenvalue weighted by Crippen LogP contribution is 2.22. The quantitative estimate of drug-likeness (QED) is 0.307. The van der Waals surface area contributed by atoms with Crippen LogP contribution in [0.3, 0.4) is 0 Å². The van der Waals surface area contributed by atoms with Crippen LogP contribution in [0, 0.1) is 0 Å². The molecule has 0 aliphatic heterocycles. The molecule has 3 rings (SSSR count). The Bertz CT molecular complexity index is 1320. The van der Waals surface area contributed by atoms with Crippen LogP contribution in [0.25, 0.3) is 6.08 Å². The van der Waals surface area contributed by atoms with E-state index in [4.69, 9.17) is 17.0 Å². The lowest BCUT2D eigenvalue weighted by Gasteiger charge is -2.11. The van der Waals surface area contributed by atoms with E-state index >= 15 is 0 Å². The van der Waals surface area contributed by atoms with Gasteiger partial charge in [0.05, 0.1) is 12.0 Å². The molecular formula is C24H25N5O4S2. The maximum Gasteiger partial charge on any atom is 0.263 e. The lowest BCUT2D eigenvalue weighted by atomic mass is 10.0. The van der Waals surface area contributed by atoms with Crippen molar-refractivity contribution in [2.75, 3.05) is 17.1 Å². The van der Waals surface area contributed by atoms with E-state index in [9.17, 15) is 13.2 Å². The molecule has 3 N–H and O–H groups in total. The minimum absolute atomic E-state index is 0.00266. The fraction of sp³-hybridized carbons (Fsp3) is 0.167. The number of sulfonamides is 1. The van der Waals surface area contributed by atoms with Gasteiger partial charge in [-0.05, 0) is 59.6 Å². The third kappa shape index (κ3) is 7.33. The molecule has 9 nitrogen and oxygen atoms in total. The summed E-state index contributed by atoms with van der Waals surface area (Å²) in [5.41, 5.74) is 2.62. The average molecular weight is 512 g/mol. The molecule has 1 heterocycles. The Morgan fingerprint density at radius 2 is 1.69 bits per heavy atom. The molecular weight excluding hydrogens is 486 g/mol. The van der Waals surface area contributed by atoms with Crippen LogP contribution < -0.4 is 20.1 Å². The Labute approximate surface area is 209 Å². The molecule has 0 bridgehead atoms. The summed E-state index contributed by atoms with van der Waals surface area (Å²) in [7, 11) is -2.56. The van der Waals surface area contributed by atoms with Crippen molar-refractivity contribution < 1.29 is 17.9 Å². The average Bonchev–Trinajstić information content (AvgIpc) is 2.83. The van der Waals surface area contributed by atoms with E-state index < -0.39 is 15.9 Å². The largest absolute Gasteiger partial charge is 0.478 e. The van der Waals surface area contributed by atoms with Gasteiger partial charge < -0.3 is 10.1 Å². The van der Waals surface area contributed by atoms with Crippen molar-refractivity contribution in [2.24, 2.45) is 0 Å². The van der Waals surface area contributed by atoms with Crippen LogP contribution in [0.1, 0.15) is 30.9 Å². The monoisotopic (exact) mass is 511 g/mol. The Balaban J connectivity index is 1.56. The highest BCUT2D eigenvalue weighted by molar-refractivity contribution is 7.92. The Kier molecular flexibility index (Phi) is 8.50. The van der Waals surface area contributed by atoms with Crippen molar-refractivity contribution in [3.05, 3.63) is 78.1 Å². The number of anilines is 2. The zero-order valence-corrected chi connectivity index (χ0v) is 21.0. The highest BCUT2D eigenvalue weighted by atomic mass is 32.2. The zero-order chi connectivity index (χ0) is 25.4. The summed E-state index contributed by atoms with van der Waals surface area (Å²) in [6.45, 7) is 4.24. The van der Waals surface area contributed by atoms with Crippen molar-refractivity contribution in [3.8, 4) is 5.88 Å². The third-order valence-corrected chi connectivity index (χ3v) is 6.34. The Morgan fingerprint density at radius 1 is 1.03 bits per heavy atom. The number of nitrogens with one attached hydrogen (secondary N) is 3. The number of nitrogens with zero attached hydrogens (tertiary/aromatic N) is 2. The second-order valence-corrected chi connectivity index (χ2v) is 9.73. The van der Waals surface area contributed by atoms with Gasteiger partial charge >= 0.3 is 0 Å². The smallest absolute Gasteiger partial charge is 0.263 e. The first-order valence-electron chi connectivity index (χ1n) is 10.6. The van der Waals surface area contributed by atoms with Gasteiger partial charge in [-0.25, -0.2) is 18.4 Å². The van der Waals surface area contributed by atoms with E-state index in [-0.39, 0.29) is 21.7 Å². The molecule has 0 atom stereocenters. The van der Waals surface area contributed by atoms with Gasteiger partial charge in [0.2, 0.25) is 11.7 Å². The maximum atomic E-state index is 12.6. The van der Waals surface area contributed by atoms with Crippen LogP contribution in [-0.2, 0) is 14.8 Å². The third-order valence-electron chi connectivity index (χ3n) is 4.78. The van der Waals surface area contributed by atoms with E-state index in [0.717, 1.165) is 5.56 Å². The zero-order valence-electron chi connectivity index (χ0n) is 19.3. The minimum atomic E-state index is -3.92. The summed E-state index contributed by atoms with van der Waals surface area (Å²) < 4.78 is 32.6. The number of hydrogen-bond donors (Lipinski definition) is 3. The molecule has 0 aliphatic rings. The van der Waals surface area contributed by atoms with Gasteiger partial charge in [-0.2, -0.15) is 0 Å². The molecule has 1 amide bonds. The Hall–Kier alpha value is -3.83. The Morgan fingerprint density at radius 3 is 2.31 bits per heavy atom. The summed E-state index contributed by atoms with van der Waals surface area (Å²) >= 11 is 5.17. The number of rotatable bonds is 8. The summed E-state index contributed by atoms with van der Waals surface area (Å²) in [6, 6.07) is 13.8. The van der Waals surface area contributed by atoms with Crippen molar-refractivity contribution in [1.82, 2.24) is 15.3 Å². The number of aromatic nitrogens is 2. The number of carbonyl (C=O) groups is 1. The first-order chi connectivity index (χ1) is 16.7. The molecule has 0 spiro atoms. The van der Waals surface area contributed by atoms with Crippen molar-refractivity contribution in [1.29, 1.82) is 0 Å². The number of amides is 1. The normalized spacial score (nSPS) is 11.3. The molecule has 11 heteroatoms. The molecule has 3 aromatic rings. The van der Waals surface area contributed by atoms with Gasteiger partial charge in [0, 0.05) is 24.2 Å². The number of benzene rings is 2. The lowest BCUT2D eigenvalue weighted by molar-refractivity contribution is -0.115. The van der Waals surface area contributed by atoms with Crippen LogP contribution in [-0.4, -0.2) is 36.5 Å². The van der Waals surface area contributed by atoms with E-state index in [0.29, 0.717) is 11.6 Å². The number of methoxy groups -OCH3 is 1. The fourth-order valence-corrected chi connectivity index (χ4v) is 4.15. The molecule has 35 heavy (non-hydrogen) atoms. The van der Waals surface area contributed by atoms with Crippen molar-refractivity contribution >= 4 is 50.8 Å². The van der Waals surface area contributed by atoms with Crippen LogP contribution in [0.4, 0.5) is 11.5 Å². The maximum absolute atomic E-state index is 12.6. The second-order valence-electron chi connectivity index (χ2n) is 7.64. The number of carbonyl (C=O) groups excluding carboxylic acids is 1. The van der Waals surface area contributed by atoms with Gasteiger partial charge in [-0.15, -0.1) is 0 Å². The summed E-state index contributed by atoms with van der Waals surface area (Å²) in [4.78, 5) is 20.0. The van der Waals surface area contributed by atoms with Gasteiger partial charge in [-0.1, -0.05) is 38.1 Å². The molecule has 0 fully saturated rings. The lowest BCUT2D eigenvalue weighted by Crippen LogP contribution is -2.32. The topological polar surface area (TPSA) is 122 Å². The minimum Gasteiger partial charge on any atom is -0.478 e. The van der Waals surface area contributed by atoms with Crippen LogP contribution in [0.5, 0.6) is 5.88 Å². The molecule has 0 saturated carbocycles. The number of ether oxygens (including phenoxy) is 1. The van der Waals surface area contributed by atoms with E-state index in [1.165, 1.54) is 55.4 Å². The SMILES string of the molecule is COc1nccnc1NS(=O)(=O)c1ccc(NC(=S)NC(=O)/C=C/c2ccc(C(C)C)cc2)cc1. The van der Waals surface area contributed by atoms with Crippen molar-refractivity contribution in [3.63, 3.8) is 0 Å². The second kappa shape index (κ2) is 11.5. The molecule has 182 valence electrons. The highest BCUT2D eigenvalue weighted by Gasteiger charge is 2.18. The van der Waals surface area contributed by atoms with E-state index in [2.05, 4.69) is 39.2 Å². The van der Waals surface area contributed by atoms with Gasteiger partial charge in [0.25, 0.3) is 15.9 Å². The summed E-state index contributed by atoms with van der Waals surface area (Å²) in [6.07, 6.45) is 5.82. The number of hydrogen-bond acceptors (Lipinski definition) is 7. The molecule has 2 aromatic carbocycles. The van der Waals surface area contributed by atoms with Crippen LogP contribution in [0.2, 0.25) is 0 Å². The van der Waals surface area contributed by atoms with Gasteiger partial charge in [-0.3, -0.25) is 14.8 Å². The molecule has 0 aliphatic carbocycles. The van der Waals surface area contributed by atoms with Crippen LogP contribution in [0.15, 0.2) is 71.9 Å². The number of thiocarbonyl (C=S) groups is 1. The van der Waals surface area contributed by atoms with Gasteiger partial charge in [0.15, 0.2) is 5.11 Å². The summed E-state index contributed by atoms with van der Waals surface area (Å²) in [5.74, 6) is 0.0748. The molecule has 0 unspecified atom stereocenters. The van der Waals surface area contributed by atoms with E-state index in [1.807, 2.05) is 24.3 Å². The van der Waals surface area contributed by atoms with E-state index in [1.54, 1.807) is 6.08 Å². The first-order valence-corrected chi connectivity index (χ1v) is 12.4. The predicted molar refractivity (Wildman–Crippen MR) is 140 cm³/mol. The summed E-state index contributed by atoms with van der Waals surface area (Å²) in [5, 5.41) is 5.48. The van der Waals surface area contributed by atoms with Gasteiger partial charge in [0.1, 0.15) is 0 Å². The van der Waals surface area contributed by atoms with Crippen molar-refractivity contribution in [2.45, 2.75) is 24.7 Å². The standard InChI is InChI=1S/C24H25N5O4S2/c1-16(2)18-7-4-17(5-8-18)6-13-21(30)28-24(34)27-19-9-11-20(12-10-19)35(31,32)29-22-23(33-3)26-15-14-25-22/h4-16H,1-3H3,(H,25,29)(H2,27,28,30,34)/b13-6+. The first kappa shape index (κ1) is 25.8. The molecule has 0 saturated heterocycles. The molecule has 1 aromatic heterocycles. The predicted octanol–water partition coefficient (Wildman–Crippen LogP) is 3.94. The fourth-order valence-electron chi connectivity index (χ4n) is 2.93.